The Kier molecular flexibility index (Phi) is 4.95. The molecule has 0 radical (unpaired) electrons. The van der Waals surface area contributed by atoms with Crippen molar-refractivity contribution in [2.75, 3.05) is 19.3 Å². The van der Waals surface area contributed by atoms with Gasteiger partial charge < -0.3 is 5.73 Å². The predicted octanol–water partition coefficient (Wildman–Crippen LogP) is 1.51. The summed E-state index contributed by atoms with van der Waals surface area (Å²) in [5.74, 6) is -1.54. The Labute approximate surface area is 124 Å². The molecule has 1 heterocycles. The lowest BCUT2D eigenvalue weighted by molar-refractivity contribution is 0.244. The summed E-state index contributed by atoms with van der Waals surface area (Å²) in [6.07, 6.45) is 3.05. The molecule has 1 aromatic rings. The van der Waals surface area contributed by atoms with Crippen molar-refractivity contribution in [2.45, 2.75) is 25.3 Å². The van der Waals surface area contributed by atoms with Gasteiger partial charge in [-0.05, 0) is 42.9 Å². The second-order valence-corrected chi connectivity index (χ2v) is 7.60. The Morgan fingerprint density at radius 1 is 1.29 bits per heavy atom. The highest BCUT2D eigenvalue weighted by atomic mass is 32.2. The van der Waals surface area contributed by atoms with Crippen LogP contribution in [0.1, 0.15) is 18.4 Å². The quantitative estimate of drug-likeness (QED) is 0.915. The molecule has 118 valence electrons. The minimum atomic E-state index is -3.14. The first-order chi connectivity index (χ1) is 9.77. The maximum Gasteiger partial charge on any atom is 0.211 e. The lowest BCUT2D eigenvalue weighted by Crippen LogP contribution is -2.43. The van der Waals surface area contributed by atoms with Crippen molar-refractivity contribution in [3.8, 4) is 0 Å². The maximum atomic E-state index is 13.2. The van der Waals surface area contributed by atoms with Crippen LogP contribution in [0, 0.1) is 17.6 Å². The van der Waals surface area contributed by atoms with Crippen LogP contribution >= 0.6 is 0 Å². The molecule has 0 spiro atoms. The van der Waals surface area contributed by atoms with Gasteiger partial charge in [-0.3, -0.25) is 0 Å². The van der Waals surface area contributed by atoms with Crippen LogP contribution in [-0.2, 0) is 16.4 Å². The topological polar surface area (TPSA) is 63.4 Å². The van der Waals surface area contributed by atoms with E-state index in [1.165, 1.54) is 22.7 Å². The molecule has 1 atom stereocenters. The van der Waals surface area contributed by atoms with Crippen LogP contribution in [0.25, 0.3) is 0 Å². The molecule has 0 aromatic heterocycles. The zero-order valence-corrected chi connectivity index (χ0v) is 12.7. The number of hydrogen-bond acceptors (Lipinski definition) is 3. The summed E-state index contributed by atoms with van der Waals surface area (Å²) in [5.41, 5.74) is 6.80. The van der Waals surface area contributed by atoms with Gasteiger partial charge in [0, 0.05) is 19.1 Å². The number of halogens is 2. The van der Waals surface area contributed by atoms with Gasteiger partial charge in [0.2, 0.25) is 10.0 Å². The smallest absolute Gasteiger partial charge is 0.211 e. The van der Waals surface area contributed by atoms with Gasteiger partial charge in [0.15, 0.2) is 11.6 Å². The van der Waals surface area contributed by atoms with E-state index in [2.05, 4.69) is 0 Å². The average Bonchev–Trinajstić information content (AvgIpc) is 2.42. The van der Waals surface area contributed by atoms with E-state index in [1.54, 1.807) is 0 Å². The molecule has 7 heteroatoms. The van der Waals surface area contributed by atoms with Gasteiger partial charge >= 0.3 is 0 Å². The van der Waals surface area contributed by atoms with Gasteiger partial charge in [-0.1, -0.05) is 6.07 Å². The zero-order valence-electron chi connectivity index (χ0n) is 11.9. The average molecular weight is 318 g/mol. The van der Waals surface area contributed by atoms with Crippen LogP contribution in [0.3, 0.4) is 0 Å². The lowest BCUT2D eigenvalue weighted by Gasteiger charge is -2.33. The molecule has 1 saturated heterocycles. The summed E-state index contributed by atoms with van der Waals surface area (Å²) >= 11 is 0. The number of nitrogens with two attached hydrogens (primary N) is 1. The number of hydrogen-bond donors (Lipinski definition) is 1. The summed E-state index contributed by atoms with van der Waals surface area (Å²) in [5, 5.41) is 0. The second kappa shape index (κ2) is 6.37. The maximum absolute atomic E-state index is 13.2. The van der Waals surface area contributed by atoms with Gasteiger partial charge in [0.25, 0.3) is 0 Å². The first kappa shape index (κ1) is 16.3. The van der Waals surface area contributed by atoms with Crippen molar-refractivity contribution in [1.82, 2.24) is 4.31 Å². The van der Waals surface area contributed by atoms with Crippen LogP contribution in [-0.4, -0.2) is 38.1 Å². The van der Waals surface area contributed by atoms with E-state index < -0.39 is 21.7 Å². The Morgan fingerprint density at radius 2 is 1.90 bits per heavy atom. The van der Waals surface area contributed by atoms with Crippen LogP contribution in [0.2, 0.25) is 0 Å². The fourth-order valence-corrected chi connectivity index (χ4v) is 3.62. The van der Waals surface area contributed by atoms with E-state index in [0.29, 0.717) is 37.9 Å². The summed E-state index contributed by atoms with van der Waals surface area (Å²) in [7, 11) is -3.14. The van der Waals surface area contributed by atoms with E-state index in [4.69, 9.17) is 5.73 Å². The Morgan fingerprint density at radius 3 is 2.43 bits per heavy atom. The highest BCUT2D eigenvalue weighted by Gasteiger charge is 2.28. The first-order valence-electron chi connectivity index (χ1n) is 6.92. The molecule has 1 aromatic carbocycles. The number of piperidine rings is 1. The molecule has 0 aliphatic carbocycles. The third-order valence-corrected chi connectivity index (χ3v) is 5.33. The van der Waals surface area contributed by atoms with Gasteiger partial charge in [0.1, 0.15) is 0 Å². The Hall–Kier alpha value is -1.05. The van der Waals surface area contributed by atoms with Gasteiger partial charge in [-0.2, -0.15) is 0 Å². The van der Waals surface area contributed by atoms with Crippen molar-refractivity contribution >= 4 is 10.0 Å². The lowest BCUT2D eigenvalue weighted by atomic mass is 9.87. The minimum absolute atomic E-state index is 0.184. The SMILES string of the molecule is CS(=O)(=O)N1CCC(C(N)Cc2ccc(F)c(F)c2)CC1. The monoisotopic (exact) mass is 318 g/mol. The molecule has 0 bridgehead atoms. The van der Waals surface area contributed by atoms with E-state index in [1.807, 2.05) is 0 Å². The number of sulfonamides is 1. The number of nitrogens with zero attached hydrogens (tertiary/aromatic N) is 1. The minimum Gasteiger partial charge on any atom is -0.327 e. The molecule has 1 aliphatic heterocycles. The molecule has 2 rings (SSSR count). The molecule has 2 N–H and O–H groups in total. The predicted molar refractivity (Wildman–Crippen MR) is 77.2 cm³/mol. The van der Waals surface area contributed by atoms with E-state index >= 15 is 0 Å². The molecule has 1 aliphatic rings. The van der Waals surface area contributed by atoms with Crippen molar-refractivity contribution < 1.29 is 17.2 Å². The van der Waals surface area contributed by atoms with Crippen LogP contribution in [0.5, 0.6) is 0 Å². The molecule has 21 heavy (non-hydrogen) atoms. The van der Waals surface area contributed by atoms with Crippen LogP contribution in [0.15, 0.2) is 18.2 Å². The summed E-state index contributed by atoms with van der Waals surface area (Å²) < 4.78 is 50.4. The molecule has 0 amide bonds. The standard InChI is InChI=1S/C14H20F2N2O2S/c1-21(19,20)18-6-4-11(5-7-18)14(17)9-10-2-3-12(15)13(16)8-10/h2-3,8,11,14H,4-7,9,17H2,1H3. The third-order valence-electron chi connectivity index (χ3n) is 4.03. The molecule has 1 fully saturated rings. The molecular formula is C14H20F2N2O2S. The van der Waals surface area contributed by atoms with Crippen molar-refractivity contribution in [2.24, 2.45) is 11.7 Å². The van der Waals surface area contributed by atoms with Crippen LogP contribution in [0.4, 0.5) is 8.78 Å². The van der Waals surface area contributed by atoms with Crippen molar-refractivity contribution in [3.05, 3.63) is 35.4 Å². The van der Waals surface area contributed by atoms with Gasteiger partial charge in [0.05, 0.1) is 6.26 Å². The zero-order chi connectivity index (χ0) is 15.6. The van der Waals surface area contributed by atoms with E-state index in [-0.39, 0.29) is 12.0 Å². The molecular weight excluding hydrogens is 298 g/mol. The summed E-state index contributed by atoms with van der Waals surface area (Å²) in [6.45, 7) is 0.934. The molecule has 4 nitrogen and oxygen atoms in total. The number of rotatable bonds is 4. The largest absolute Gasteiger partial charge is 0.327 e. The van der Waals surface area contributed by atoms with Crippen molar-refractivity contribution in [3.63, 3.8) is 0 Å². The third kappa shape index (κ3) is 4.21. The normalized spacial score (nSPS) is 19.6. The van der Waals surface area contributed by atoms with Gasteiger partial charge in [-0.15, -0.1) is 0 Å². The number of benzene rings is 1. The van der Waals surface area contributed by atoms with E-state index in [9.17, 15) is 17.2 Å². The molecule has 1 unspecified atom stereocenters. The first-order valence-corrected chi connectivity index (χ1v) is 8.77. The highest BCUT2D eigenvalue weighted by Crippen LogP contribution is 2.23. The molecule has 0 saturated carbocycles. The fraction of sp³-hybridized carbons (Fsp3) is 0.571. The summed E-state index contributed by atoms with van der Waals surface area (Å²) in [4.78, 5) is 0. The Bertz CT molecular complexity index is 599. The fourth-order valence-electron chi connectivity index (χ4n) is 2.74. The Balaban J connectivity index is 1.93. The highest BCUT2D eigenvalue weighted by molar-refractivity contribution is 7.88. The van der Waals surface area contributed by atoms with E-state index in [0.717, 1.165) is 6.07 Å². The van der Waals surface area contributed by atoms with Crippen molar-refractivity contribution in [1.29, 1.82) is 0 Å². The van der Waals surface area contributed by atoms with Crippen LogP contribution < -0.4 is 5.73 Å². The summed E-state index contributed by atoms with van der Waals surface area (Å²) in [6, 6.07) is 3.62. The second-order valence-electron chi connectivity index (χ2n) is 5.62. The van der Waals surface area contributed by atoms with Gasteiger partial charge in [-0.25, -0.2) is 21.5 Å².